The van der Waals surface area contributed by atoms with E-state index in [9.17, 15) is 4.79 Å². The van der Waals surface area contributed by atoms with E-state index >= 15 is 0 Å². The number of nitrogens with zero attached hydrogens (tertiary/aromatic N) is 2. The standard InChI is InChI=1S/C14H9N3O.4C2H6/c18-14-16-10-6-2-1-5-9(10)13-15-11-7-3-4-8-12(11)17(13)14;4*1-2/h1-8H,(H,16,18);4*1-2H3. The van der Waals surface area contributed by atoms with Gasteiger partial charge in [0, 0.05) is 5.39 Å². The molecule has 0 fully saturated rings. The highest BCUT2D eigenvalue weighted by atomic mass is 16.1. The molecule has 2 heterocycles. The summed E-state index contributed by atoms with van der Waals surface area (Å²) in [6, 6.07) is 15.3. The number of rotatable bonds is 0. The van der Waals surface area contributed by atoms with E-state index in [-0.39, 0.29) is 5.69 Å². The lowest BCUT2D eigenvalue weighted by molar-refractivity contribution is 1.06. The molecule has 0 unspecified atom stereocenters. The minimum absolute atomic E-state index is 0.155. The highest BCUT2D eigenvalue weighted by molar-refractivity contribution is 5.95. The lowest BCUT2D eigenvalue weighted by Gasteiger charge is -1.99. The molecule has 2 aromatic carbocycles. The van der Waals surface area contributed by atoms with Gasteiger partial charge in [-0.15, -0.1) is 0 Å². The van der Waals surface area contributed by atoms with E-state index in [0.717, 1.165) is 21.9 Å². The SMILES string of the molecule is CC.CC.CC.CC.O=c1[nH]c2ccccc2c2nc3ccccc3n12. The number of aromatic nitrogens is 3. The second-order valence-electron chi connectivity index (χ2n) is 4.24. The summed E-state index contributed by atoms with van der Waals surface area (Å²) in [5, 5.41) is 0.952. The molecule has 26 heavy (non-hydrogen) atoms. The number of hydrogen-bond acceptors (Lipinski definition) is 2. The average molecular weight is 356 g/mol. The predicted octanol–water partition coefficient (Wildman–Crippen LogP) is 6.43. The number of para-hydroxylation sites is 3. The van der Waals surface area contributed by atoms with Crippen molar-refractivity contribution < 1.29 is 0 Å². The van der Waals surface area contributed by atoms with Crippen LogP contribution in [0.3, 0.4) is 0 Å². The fraction of sp³-hybridized carbons (Fsp3) is 0.364. The fourth-order valence-electron chi connectivity index (χ4n) is 2.37. The zero-order valence-electron chi connectivity index (χ0n) is 17.4. The van der Waals surface area contributed by atoms with E-state index in [1.54, 1.807) is 4.40 Å². The van der Waals surface area contributed by atoms with Gasteiger partial charge in [-0.2, -0.15) is 0 Å². The van der Waals surface area contributed by atoms with Crippen molar-refractivity contribution in [2.24, 2.45) is 0 Å². The molecule has 2 aromatic heterocycles. The summed E-state index contributed by atoms with van der Waals surface area (Å²) in [5.74, 6) is 0. The van der Waals surface area contributed by atoms with Crippen molar-refractivity contribution in [3.8, 4) is 0 Å². The van der Waals surface area contributed by atoms with Crippen molar-refractivity contribution in [1.82, 2.24) is 14.4 Å². The number of fused-ring (bicyclic) bond motifs is 5. The molecule has 4 nitrogen and oxygen atoms in total. The van der Waals surface area contributed by atoms with Crippen LogP contribution in [0.5, 0.6) is 0 Å². The van der Waals surface area contributed by atoms with Gasteiger partial charge in [0.1, 0.15) is 0 Å². The molecule has 0 saturated heterocycles. The van der Waals surface area contributed by atoms with Crippen LogP contribution in [0.25, 0.3) is 27.6 Å². The average Bonchev–Trinajstić information content (AvgIpc) is 3.15. The lowest BCUT2D eigenvalue weighted by Crippen LogP contribution is -2.15. The van der Waals surface area contributed by atoms with E-state index in [4.69, 9.17) is 0 Å². The number of H-pyrrole nitrogens is 1. The smallest absolute Gasteiger partial charge is 0.306 e. The van der Waals surface area contributed by atoms with Gasteiger partial charge in [-0.05, 0) is 24.3 Å². The third-order valence-corrected chi connectivity index (χ3v) is 3.17. The van der Waals surface area contributed by atoms with Crippen LogP contribution in [-0.4, -0.2) is 14.4 Å². The van der Waals surface area contributed by atoms with Gasteiger partial charge in [-0.25, -0.2) is 14.2 Å². The summed E-state index contributed by atoms with van der Waals surface area (Å²) in [5.41, 5.74) is 3.03. The van der Waals surface area contributed by atoms with E-state index < -0.39 is 0 Å². The molecule has 4 aromatic rings. The molecule has 0 aliphatic heterocycles. The first-order valence-electron chi connectivity index (χ1n) is 9.73. The third-order valence-electron chi connectivity index (χ3n) is 3.17. The molecular formula is C22H33N3O. The van der Waals surface area contributed by atoms with E-state index in [1.165, 1.54) is 0 Å². The van der Waals surface area contributed by atoms with Crippen LogP contribution < -0.4 is 5.69 Å². The van der Waals surface area contributed by atoms with E-state index in [0.29, 0.717) is 5.65 Å². The van der Waals surface area contributed by atoms with Gasteiger partial charge >= 0.3 is 5.69 Å². The van der Waals surface area contributed by atoms with Gasteiger partial charge < -0.3 is 4.98 Å². The molecule has 0 atom stereocenters. The van der Waals surface area contributed by atoms with E-state index in [1.807, 2.05) is 104 Å². The summed E-state index contributed by atoms with van der Waals surface area (Å²) in [6.07, 6.45) is 0. The Balaban J connectivity index is 0.000000698. The van der Waals surface area contributed by atoms with Gasteiger partial charge in [0.25, 0.3) is 0 Å². The monoisotopic (exact) mass is 355 g/mol. The zero-order chi connectivity index (χ0) is 20.1. The van der Waals surface area contributed by atoms with Crippen molar-refractivity contribution >= 4 is 27.6 Å². The molecule has 0 aliphatic carbocycles. The molecule has 142 valence electrons. The highest BCUT2D eigenvalue weighted by Crippen LogP contribution is 2.20. The Hall–Kier alpha value is -2.62. The Morgan fingerprint density at radius 2 is 1.31 bits per heavy atom. The number of nitrogens with one attached hydrogen (secondary N) is 1. The molecule has 4 rings (SSSR count). The van der Waals surface area contributed by atoms with Crippen molar-refractivity contribution in [3.63, 3.8) is 0 Å². The zero-order valence-corrected chi connectivity index (χ0v) is 17.4. The molecule has 0 saturated carbocycles. The summed E-state index contributed by atoms with van der Waals surface area (Å²) in [6.45, 7) is 16.0. The highest BCUT2D eigenvalue weighted by Gasteiger charge is 2.09. The second-order valence-corrected chi connectivity index (χ2v) is 4.24. The van der Waals surface area contributed by atoms with E-state index in [2.05, 4.69) is 9.97 Å². The normalized spacial score (nSPS) is 8.92. The molecule has 0 aliphatic rings. The maximum atomic E-state index is 12.1. The second kappa shape index (κ2) is 12.7. The fourth-order valence-corrected chi connectivity index (χ4v) is 2.37. The van der Waals surface area contributed by atoms with Crippen molar-refractivity contribution in [3.05, 3.63) is 59.0 Å². The first-order chi connectivity index (χ1) is 12.8. The molecule has 4 heteroatoms. The van der Waals surface area contributed by atoms with Crippen molar-refractivity contribution in [1.29, 1.82) is 0 Å². The maximum absolute atomic E-state index is 12.1. The van der Waals surface area contributed by atoms with Gasteiger partial charge in [0.2, 0.25) is 0 Å². The Labute approximate surface area is 156 Å². The van der Waals surface area contributed by atoms with Crippen molar-refractivity contribution in [2.45, 2.75) is 55.4 Å². The number of aromatic amines is 1. The van der Waals surface area contributed by atoms with Gasteiger partial charge in [0.05, 0.1) is 16.6 Å². The van der Waals surface area contributed by atoms with Crippen LogP contribution >= 0.6 is 0 Å². The first kappa shape index (κ1) is 23.4. The lowest BCUT2D eigenvalue weighted by atomic mass is 10.2. The first-order valence-corrected chi connectivity index (χ1v) is 9.73. The Kier molecular flexibility index (Phi) is 11.4. The van der Waals surface area contributed by atoms with Crippen molar-refractivity contribution in [2.75, 3.05) is 0 Å². The van der Waals surface area contributed by atoms with Gasteiger partial charge in [-0.1, -0.05) is 79.7 Å². The van der Waals surface area contributed by atoms with Crippen LogP contribution in [0.4, 0.5) is 0 Å². The Bertz CT molecular complexity index is 952. The topological polar surface area (TPSA) is 50.2 Å². The van der Waals surface area contributed by atoms with Crippen LogP contribution in [0.2, 0.25) is 0 Å². The molecule has 0 spiro atoms. The number of hydrogen-bond donors (Lipinski definition) is 1. The van der Waals surface area contributed by atoms with Crippen LogP contribution in [0.15, 0.2) is 53.3 Å². The molecule has 1 N–H and O–H groups in total. The van der Waals surface area contributed by atoms with Crippen LogP contribution in [0.1, 0.15) is 55.4 Å². The quantitative estimate of drug-likeness (QED) is 0.395. The van der Waals surface area contributed by atoms with Gasteiger partial charge in [-0.3, -0.25) is 0 Å². The van der Waals surface area contributed by atoms with Gasteiger partial charge in [0.15, 0.2) is 5.65 Å². The summed E-state index contributed by atoms with van der Waals surface area (Å²) < 4.78 is 1.62. The minimum atomic E-state index is -0.155. The minimum Gasteiger partial charge on any atom is -0.306 e. The predicted molar refractivity (Wildman–Crippen MR) is 116 cm³/mol. The summed E-state index contributed by atoms with van der Waals surface area (Å²) in [7, 11) is 0. The molecule has 0 amide bonds. The Morgan fingerprint density at radius 1 is 0.769 bits per heavy atom. The number of benzene rings is 2. The molecular weight excluding hydrogens is 322 g/mol. The summed E-state index contributed by atoms with van der Waals surface area (Å²) >= 11 is 0. The third kappa shape index (κ3) is 4.72. The maximum Gasteiger partial charge on any atom is 0.332 e. The number of imidazole rings is 1. The van der Waals surface area contributed by atoms with Crippen LogP contribution in [0, 0.1) is 0 Å². The Morgan fingerprint density at radius 3 is 1.96 bits per heavy atom. The largest absolute Gasteiger partial charge is 0.332 e. The molecule has 0 radical (unpaired) electrons. The summed E-state index contributed by atoms with van der Waals surface area (Å²) in [4.78, 5) is 19.6. The van der Waals surface area contributed by atoms with Crippen LogP contribution in [-0.2, 0) is 0 Å². The molecule has 0 bridgehead atoms.